The minimum absolute atomic E-state index is 0.208. The molecule has 0 radical (unpaired) electrons. The molecule has 1 fully saturated rings. The maximum atomic E-state index is 12.7. The van der Waals surface area contributed by atoms with Crippen LogP contribution in [0.2, 0.25) is 0 Å². The first kappa shape index (κ1) is 17.5. The first-order chi connectivity index (χ1) is 12.2. The van der Waals surface area contributed by atoms with Gasteiger partial charge in [0.05, 0.1) is 7.11 Å². The molecule has 1 heterocycles. The minimum Gasteiger partial charge on any atom is -0.497 e. The van der Waals surface area contributed by atoms with E-state index in [1.807, 2.05) is 35.2 Å². The van der Waals surface area contributed by atoms with Gasteiger partial charge in [-0.25, -0.2) is 0 Å². The summed E-state index contributed by atoms with van der Waals surface area (Å²) in [6.07, 6.45) is 1.25. The Bertz CT molecular complexity index is 702. The van der Waals surface area contributed by atoms with Crippen LogP contribution in [0.15, 0.2) is 54.6 Å². The third kappa shape index (κ3) is 4.20. The number of nitrogens with two attached hydrogens (primary N) is 1. The SMILES string of the molecule is COc1cccc(CCC(=O)N2C[C@@H](CN)[C@H](c3ccccc3)C2)c1. The number of hydrogen-bond donors (Lipinski definition) is 1. The van der Waals surface area contributed by atoms with Crippen molar-refractivity contribution < 1.29 is 9.53 Å². The average Bonchev–Trinajstić information content (AvgIpc) is 3.11. The van der Waals surface area contributed by atoms with Gasteiger partial charge in [0.1, 0.15) is 5.75 Å². The summed E-state index contributed by atoms with van der Waals surface area (Å²) in [4.78, 5) is 14.6. The number of methoxy groups -OCH3 is 1. The maximum Gasteiger partial charge on any atom is 0.222 e. The first-order valence-electron chi connectivity index (χ1n) is 8.87. The Labute approximate surface area is 149 Å². The number of rotatable bonds is 6. The molecule has 0 unspecified atom stereocenters. The predicted octanol–water partition coefficient (Wildman–Crippen LogP) is 2.83. The monoisotopic (exact) mass is 338 g/mol. The summed E-state index contributed by atoms with van der Waals surface area (Å²) < 4.78 is 5.24. The molecule has 0 saturated carbocycles. The van der Waals surface area contributed by atoms with Crippen molar-refractivity contribution in [3.8, 4) is 5.75 Å². The minimum atomic E-state index is 0.208. The Morgan fingerprint density at radius 2 is 1.96 bits per heavy atom. The van der Waals surface area contributed by atoms with E-state index in [0.717, 1.165) is 30.8 Å². The Kier molecular flexibility index (Phi) is 5.71. The molecule has 0 aromatic heterocycles. The lowest BCUT2D eigenvalue weighted by molar-refractivity contribution is -0.130. The first-order valence-corrected chi connectivity index (χ1v) is 8.87. The zero-order chi connectivity index (χ0) is 17.6. The van der Waals surface area contributed by atoms with Crippen LogP contribution in [-0.2, 0) is 11.2 Å². The molecule has 2 aromatic rings. The second-order valence-corrected chi connectivity index (χ2v) is 6.66. The van der Waals surface area contributed by atoms with E-state index in [4.69, 9.17) is 10.5 Å². The molecule has 1 aliphatic heterocycles. The zero-order valence-corrected chi connectivity index (χ0v) is 14.7. The zero-order valence-electron chi connectivity index (χ0n) is 14.7. The standard InChI is InChI=1S/C21H26N2O2/c1-25-19-9-5-6-16(12-19)10-11-21(24)23-14-18(13-22)20(15-23)17-7-3-2-4-8-17/h2-9,12,18,20H,10-11,13-15,22H2,1H3/t18-,20+/m1/s1. The van der Waals surface area contributed by atoms with Gasteiger partial charge in [0.25, 0.3) is 0 Å². The summed E-state index contributed by atoms with van der Waals surface area (Å²) in [5.74, 6) is 1.72. The van der Waals surface area contributed by atoms with Crippen LogP contribution in [0.4, 0.5) is 0 Å². The summed E-state index contributed by atoms with van der Waals surface area (Å²) in [5, 5.41) is 0. The fraction of sp³-hybridized carbons (Fsp3) is 0.381. The van der Waals surface area contributed by atoms with Crippen molar-refractivity contribution >= 4 is 5.91 Å². The third-order valence-electron chi connectivity index (χ3n) is 5.09. The highest BCUT2D eigenvalue weighted by molar-refractivity contribution is 5.77. The van der Waals surface area contributed by atoms with Crippen LogP contribution in [0.3, 0.4) is 0 Å². The molecule has 0 aliphatic carbocycles. The Balaban J connectivity index is 1.61. The van der Waals surface area contributed by atoms with Gasteiger partial charge in [-0.05, 0) is 42.1 Å². The van der Waals surface area contributed by atoms with Crippen LogP contribution in [0.1, 0.15) is 23.5 Å². The lowest BCUT2D eigenvalue weighted by atomic mass is 9.89. The smallest absolute Gasteiger partial charge is 0.222 e. The molecule has 4 heteroatoms. The quantitative estimate of drug-likeness (QED) is 0.881. The Hall–Kier alpha value is -2.33. The van der Waals surface area contributed by atoms with E-state index >= 15 is 0 Å². The van der Waals surface area contributed by atoms with E-state index in [-0.39, 0.29) is 5.91 Å². The van der Waals surface area contributed by atoms with Crippen LogP contribution < -0.4 is 10.5 Å². The van der Waals surface area contributed by atoms with Gasteiger partial charge in [-0.2, -0.15) is 0 Å². The average molecular weight is 338 g/mol. The topological polar surface area (TPSA) is 55.6 Å². The molecular weight excluding hydrogens is 312 g/mol. The second kappa shape index (κ2) is 8.17. The lowest BCUT2D eigenvalue weighted by Gasteiger charge is -2.17. The number of amides is 1. The largest absolute Gasteiger partial charge is 0.497 e. The van der Waals surface area contributed by atoms with Crippen molar-refractivity contribution in [2.75, 3.05) is 26.7 Å². The van der Waals surface area contributed by atoms with Gasteiger partial charge >= 0.3 is 0 Å². The van der Waals surface area contributed by atoms with Crippen molar-refractivity contribution in [3.63, 3.8) is 0 Å². The van der Waals surface area contributed by atoms with Crippen molar-refractivity contribution in [2.24, 2.45) is 11.7 Å². The van der Waals surface area contributed by atoms with Crippen molar-refractivity contribution in [1.29, 1.82) is 0 Å². The van der Waals surface area contributed by atoms with Gasteiger partial charge in [0.15, 0.2) is 0 Å². The van der Waals surface area contributed by atoms with Gasteiger partial charge in [0, 0.05) is 25.4 Å². The number of hydrogen-bond acceptors (Lipinski definition) is 3. The van der Waals surface area contributed by atoms with Gasteiger partial charge in [0.2, 0.25) is 5.91 Å². The summed E-state index contributed by atoms with van der Waals surface area (Å²) in [6.45, 7) is 2.13. The Morgan fingerprint density at radius 3 is 2.68 bits per heavy atom. The van der Waals surface area contributed by atoms with E-state index in [1.165, 1.54) is 5.56 Å². The molecule has 1 aliphatic rings. The van der Waals surface area contributed by atoms with Gasteiger partial charge < -0.3 is 15.4 Å². The fourth-order valence-corrected chi connectivity index (χ4v) is 3.63. The highest BCUT2D eigenvalue weighted by atomic mass is 16.5. The summed E-state index contributed by atoms with van der Waals surface area (Å²) in [6, 6.07) is 18.3. The second-order valence-electron chi connectivity index (χ2n) is 6.66. The predicted molar refractivity (Wildman–Crippen MR) is 99.6 cm³/mol. The molecule has 0 bridgehead atoms. The summed E-state index contributed by atoms with van der Waals surface area (Å²) in [7, 11) is 1.66. The van der Waals surface area contributed by atoms with Crippen molar-refractivity contribution in [1.82, 2.24) is 4.90 Å². The highest BCUT2D eigenvalue weighted by Gasteiger charge is 2.34. The third-order valence-corrected chi connectivity index (χ3v) is 5.09. The molecule has 4 nitrogen and oxygen atoms in total. The molecule has 1 amide bonds. The van der Waals surface area contributed by atoms with Crippen LogP contribution in [0.5, 0.6) is 5.75 Å². The number of carbonyl (C=O) groups is 1. The van der Waals surface area contributed by atoms with E-state index in [2.05, 4.69) is 24.3 Å². The van der Waals surface area contributed by atoms with Crippen molar-refractivity contribution in [3.05, 3.63) is 65.7 Å². The number of nitrogens with zero attached hydrogens (tertiary/aromatic N) is 1. The number of carbonyl (C=O) groups excluding carboxylic acids is 1. The fourth-order valence-electron chi connectivity index (χ4n) is 3.63. The normalized spacial score (nSPS) is 19.8. The van der Waals surface area contributed by atoms with E-state index < -0.39 is 0 Å². The van der Waals surface area contributed by atoms with Crippen molar-refractivity contribution in [2.45, 2.75) is 18.8 Å². The number of aryl methyl sites for hydroxylation is 1. The molecule has 1 saturated heterocycles. The van der Waals surface area contributed by atoms with Gasteiger partial charge in [-0.1, -0.05) is 42.5 Å². The summed E-state index contributed by atoms with van der Waals surface area (Å²) >= 11 is 0. The van der Waals surface area contributed by atoms with Crippen LogP contribution in [-0.4, -0.2) is 37.6 Å². The molecule has 2 aromatic carbocycles. The molecule has 2 N–H and O–H groups in total. The maximum absolute atomic E-state index is 12.7. The summed E-state index contributed by atoms with van der Waals surface area (Å²) in [5.41, 5.74) is 8.37. The molecule has 2 atom stereocenters. The molecule has 132 valence electrons. The van der Waals surface area contributed by atoms with Gasteiger partial charge in [-0.15, -0.1) is 0 Å². The number of likely N-dealkylation sites (tertiary alicyclic amines) is 1. The van der Waals surface area contributed by atoms with Gasteiger partial charge in [-0.3, -0.25) is 4.79 Å². The number of benzene rings is 2. The van der Waals surface area contributed by atoms with E-state index in [9.17, 15) is 4.79 Å². The van der Waals surface area contributed by atoms with Crippen LogP contribution in [0.25, 0.3) is 0 Å². The Morgan fingerprint density at radius 1 is 1.16 bits per heavy atom. The van der Waals surface area contributed by atoms with Crippen LogP contribution in [0, 0.1) is 5.92 Å². The highest BCUT2D eigenvalue weighted by Crippen LogP contribution is 2.32. The van der Waals surface area contributed by atoms with Crippen LogP contribution >= 0.6 is 0 Å². The molecule has 3 rings (SSSR count). The molecular formula is C21H26N2O2. The molecule has 0 spiro atoms. The molecule has 25 heavy (non-hydrogen) atoms. The lowest BCUT2D eigenvalue weighted by Crippen LogP contribution is -2.30. The van der Waals surface area contributed by atoms with E-state index in [1.54, 1.807) is 7.11 Å². The number of ether oxygens (including phenoxy) is 1. The van der Waals surface area contributed by atoms with E-state index in [0.29, 0.717) is 24.8 Å².